The SMILES string of the molecule is Cc1nc(SCC(=O)Nc2ccccc2C)c2oc3ccccc3c2n1. The molecule has 2 aromatic heterocycles. The Bertz CT molecular complexity index is 1120. The Balaban J connectivity index is 1.59. The molecular weight excluding hydrogens is 346 g/mol. The smallest absolute Gasteiger partial charge is 0.234 e. The summed E-state index contributed by atoms with van der Waals surface area (Å²) in [5.74, 6) is 0.826. The predicted molar refractivity (Wildman–Crippen MR) is 105 cm³/mol. The van der Waals surface area contributed by atoms with E-state index in [1.54, 1.807) is 0 Å². The highest BCUT2D eigenvalue weighted by molar-refractivity contribution is 8.00. The predicted octanol–water partition coefficient (Wildman–Crippen LogP) is 4.72. The van der Waals surface area contributed by atoms with Crippen LogP contribution in [0.2, 0.25) is 0 Å². The van der Waals surface area contributed by atoms with Crippen molar-refractivity contribution in [2.45, 2.75) is 18.9 Å². The molecule has 0 unspecified atom stereocenters. The van der Waals surface area contributed by atoms with Crippen LogP contribution < -0.4 is 5.32 Å². The number of aromatic nitrogens is 2. The molecule has 0 saturated carbocycles. The fourth-order valence-corrected chi connectivity index (χ4v) is 3.61. The number of nitrogens with one attached hydrogen (secondary N) is 1. The van der Waals surface area contributed by atoms with Gasteiger partial charge in [0.2, 0.25) is 5.91 Å². The quantitative estimate of drug-likeness (QED) is 0.419. The first-order chi connectivity index (χ1) is 12.6. The normalized spacial score (nSPS) is 11.2. The van der Waals surface area contributed by atoms with E-state index in [2.05, 4.69) is 15.3 Å². The number of aryl methyl sites for hydroxylation is 2. The number of carbonyl (C=O) groups excluding carboxylic acids is 1. The molecule has 6 heteroatoms. The lowest BCUT2D eigenvalue weighted by Crippen LogP contribution is -2.15. The molecule has 0 atom stereocenters. The lowest BCUT2D eigenvalue weighted by molar-refractivity contribution is -0.113. The third-order valence-electron chi connectivity index (χ3n) is 4.06. The number of hydrogen-bond acceptors (Lipinski definition) is 5. The zero-order chi connectivity index (χ0) is 18.1. The number of furan rings is 1. The summed E-state index contributed by atoms with van der Waals surface area (Å²) in [6.45, 7) is 3.81. The number of para-hydroxylation sites is 2. The summed E-state index contributed by atoms with van der Waals surface area (Å²) in [7, 11) is 0. The van der Waals surface area contributed by atoms with Crippen LogP contribution in [-0.4, -0.2) is 21.6 Å². The van der Waals surface area contributed by atoms with Crippen LogP contribution in [-0.2, 0) is 4.79 Å². The number of amides is 1. The van der Waals surface area contributed by atoms with E-state index in [1.165, 1.54) is 11.8 Å². The summed E-state index contributed by atoms with van der Waals surface area (Å²) >= 11 is 1.36. The van der Waals surface area contributed by atoms with Crippen LogP contribution in [0, 0.1) is 13.8 Å². The Morgan fingerprint density at radius 2 is 1.85 bits per heavy atom. The average Bonchev–Trinajstić information content (AvgIpc) is 3.00. The second kappa shape index (κ2) is 6.80. The van der Waals surface area contributed by atoms with Gasteiger partial charge in [-0.05, 0) is 37.6 Å². The average molecular weight is 363 g/mol. The Kier molecular flexibility index (Phi) is 4.34. The van der Waals surface area contributed by atoms with Gasteiger partial charge in [-0.25, -0.2) is 9.97 Å². The number of benzene rings is 2. The number of hydrogen-bond donors (Lipinski definition) is 1. The van der Waals surface area contributed by atoms with Gasteiger partial charge in [0.05, 0.1) is 5.75 Å². The van der Waals surface area contributed by atoms with Crippen LogP contribution in [0.5, 0.6) is 0 Å². The summed E-state index contributed by atoms with van der Waals surface area (Å²) < 4.78 is 5.93. The van der Waals surface area contributed by atoms with Gasteiger partial charge in [-0.2, -0.15) is 0 Å². The molecule has 26 heavy (non-hydrogen) atoms. The highest BCUT2D eigenvalue weighted by Gasteiger charge is 2.16. The van der Waals surface area contributed by atoms with E-state index < -0.39 is 0 Å². The highest BCUT2D eigenvalue weighted by Crippen LogP contribution is 2.33. The van der Waals surface area contributed by atoms with E-state index in [0.717, 1.165) is 27.7 Å². The van der Waals surface area contributed by atoms with E-state index in [0.29, 0.717) is 16.4 Å². The first-order valence-corrected chi connectivity index (χ1v) is 9.24. The maximum Gasteiger partial charge on any atom is 0.234 e. The van der Waals surface area contributed by atoms with Crippen molar-refractivity contribution >= 4 is 45.4 Å². The minimum atomic E-state index is -0.0789. The molecule has 0 aliphatic carbocycles. The van der Waals surface area contributed by atoms with Crippen molar-refractivity contribution in [3.63, 3.8) is 0 Å². The maximum atomic E-state index is 12.3. The molecule has 0 fully saturated rings. The van der Waals surface area contributed by atoms with Gasteiger partial charge in [0, 0.05) is 11.1 Å². The van der Waals surface area contributed by atoms with Crippen LogP contribution in [0.25, 0.3) is 22.1 Å². The van der Waals surface area contributed by atoms with Crippen molar-refractivity contribution < 1.29 is 9.21 Å². The zero-order valence-corrected chi connectivity index (χ0v) is 15.3. The Hall–Kier alpha value is -2.86. The van der Waals surface area contributed by atoms with Crippen molar-refractivity contribution in [2.24, 2.45) is 0 Å². The Morgan fingerprint density at radius 3 is 2.69 bits per heavy atom. The van der Waals surface area contributed by atoms with Gasteiger partial charge < -0.3 is 9.73 Å². The molecule has 0 bridgehead atoms. The number of carbonyl (C=O) groups is 1. The van der Waals surface area contributed by atoms with Crippen LogP contribution in [0.4, 0.5) is 5.69 Å². The molecular formula is C20H17N3O2S. The fourth-order valence-electron chi connectivity index (χ4n) is 2.80. The maximum absolute atomic E-state index is 12.3. The first-order valence-electron chi connectivity index (χ1n) is 8.26. The van der Waals surface area contributed by atoms with Gasteiger partial charge in [0.15, 0.2) is 5.58 Å². The molecule has 0 radical (unpaired) electrons. The second-order valence-corrected chi connectivity index (χ2v) is 6.97. The number of rotatable bonds is 4. The lowest BCUT2D eigenvalue weighted by atomic mass is 10.2. The molecule has 4 aromatic rings. The number of thioether (sulfide) groups is 1. The Labute approximate surface area is 154 Å². The molecule has 1 amide bonds. The fraction of sp³-hybridized carbons (Fsp3) is 0.150. The van der Waals surface area contributed by atoms with E-state index in [-0.39, 0.29) is 11.7 Å². The summed E-state index contributed by atoms with van der Waals surface area (Å²) in [4.78, 5) is 21.3. The minimum Gasteiger partial charge on any atom is -0.451 e. The van der Waals surface area contributed by atoms with Crippen LogP contribution in [0.1, 0.15) is 11.4 Å². The van der Waals surface area contributed by atoms with Crippen molar-refractivity contribution in [2.75, 3.05) is 11.1 Å². The molecule has 0 aliphatic heterocycles. The summed E-state index contributed by atoms with van der Waals surface area (Å²) in [5, 5.41) is 4.58. The van der Waals surface area contributed by atoms with Gasteiger partial charge >= 0.3 is 0 Å². The molecule has 2 heterocycles. The van der Waals surface area contributed by atoms with Gasteiger partial charge in [-0.15, -0.1) is 0 Å². The summed E-state index contributed by atoms with van der Waals surface area (Å²) in [5.41, 5.74) is 4.04. The standard InChI is InChI=1S/C20H17N3O2S/c1-12-7-3-5-9-15(12)23-17(24)11-26-20-19-18(21-13(2)22-20)14-8-4-6-10-16(14)25-19/h3-10H,11H2,1-2H3,(H,23,24). The van der Waals surface area contributed by atoms with Gasteiger partial charge in [-0.3, -0.25) is 4.79 Å². The van der Waals surface area contributed by atoms with Gasteiger partial charge in [0.1, 0.15) is 22.0 Å². The summed E-state index contributed by atoms with van der Waals surface area (Å²) in [6, 6.07) is 15.5. The summed E-state index contributed by atoms with van der Waals surface area (Å²) in [6.07, 6.45) is 0. The first kappa shape index (κ1) is 16.6. The second-order valence-electron chi connectivity index (χ2n) is 6.00. The van der Waals surface area contributed by atoms with E-state index in [4.69, 9.17) is 4.42 Å². The molecule has 0 aliphatic rings. The molecule has 130 valence electrons. The van der Waals surface area contributed by atoms with Crippen LogP contribution in [0.3, 0.4) is 0 Å². The molecule has 0 spiro atoms. The zero-order valence-electron chi connectivity index (χ0n) is 14.4. The number of anilines is 1. The Morgan fingerprint density at radius 1 is 1.08 bits per heavy atom. The van der Waals surface area contributed by atoms with E-state index >= 15 is 0 Å². The third-order valence-corrected chi connectivity index (χ3v) is 5.02. The van der Waals surface area contributed by atoms with Crippen LogP contribution >= 0.6 is 11.8 Å². The minimum absolute atomic E-state index is 0.0789. The lowest BCUT2D eigenvalue weighted by Gasteiger charge is -2.08. The number of nitrogens with zero attached hydrogens (tertiary/aromatic N) is 2. The van der Waals surface area contributed by atoms with Gasteiger partial charge in [-0.1, -0.05) is 42.1 Å². The molecule has 5 nitrogen and oxygen atoms in total. The topological polar surface area (TPSA) is 68.0 Å². The molecule has 4 rings (SSSR count). The molecule has 0 saturated heterocycles. The van der Waals surface area contributed by atoms with Crippen molar-refractivity contribution in [3.05, 3.63) is 59.9 Å². The third kappa shape index (κ3) is 3.15. The largest absolute Gasteiger partial charge is 0.451 e. The molecule has 2 aromatic carbocycles. The van der Waals surface area contributed by atoms with Crippen molar-refractivity contribution in [1.82, 2.24) is 9.97 Å². The van der Waals surface area contributed by atoms with E-state index in [9.17, 15) is 4.79 Å². The number of fused-ring (bicyclic) bond motifs is 3. The van der Waals surface area contributed by atoms with Crippen molar-refractivity contribution in [1.29, 1.82) is 0 Å². The van der Waals surface area contributed by atoms with Crippen LogP contribution in [0.15, 0.2) is 58.0 Å². The van der Waals surface area contributed by atoms with Gasteiger partial charge in [0.25, 0.3) is 0 Å². The molecule has 1 N–H and O–H groups in total. The monoisotopic (exact) mass is 363 g/mol. The highest BCUT2D eigenvalue weighted by atomic mass is 32.2. The van der Waals surface area contributed by atoms with Crippen molar-refractivity contribution in [3.8, 4) is 0 Å². The van der Waals surface area contributed by atoms with E-state index in [1.807, 2.05) is 62.4 Å².